The largest absolute Gasteiger partial charge is 0.310 e. The predicted molar refractivity (Wildman–Crippen MR) is 79.4 cm³/mol. The van der Waals surface area contributed by atoms with E-state index in [0.717, 1.165) is 11.8 Å². The van der Waals surface area contributed by atoms with Crippen molar-refractivity contribution >= 4 is 29.0 Å². The number of hydrogen-bond acceptors (Lipinski definition) is 4. The summed E-state index contributed by atoms with van der Waals surface area (Å²) in [5.74, 6) is 0.0372. The molecule has 1 aromatic heterocycles. The molecule has 1 heterocycles. The lowest BCUT2D eigenvalue weighted by Crippen LogP contribution is -2.15. The number of amides is 1. The lowest BCUT2D eigenvalue weighted by molar-refractivity contribution is -0.385. The van der Waals surface area contributed by atoms with Crippen molar-refractivity contribution in [2.45, 2.75) is 13.3 Å². The quantitative estimate of drug-likeness (QED) is 0.694. The van der Waals surface area contributed by atoms with Gasteiger partial charge in [-0.3, -0.25) is 14.9 Å². The molecule has 2 rings (SSSR count). The Kier molecular flexibility index (Phi) is 4.49. The van der Waals surface area contributed by atoms with Crippen LogP contribution in [0.2, 0.25) is 5.02 Å². The van der Waals surface area contributed by atoms with Crippen LogP contribution in [0.5, 0.6) is 0 Å². The number of carbonyl (C=O) groups is 1. The number of halogens is 1. The van der Waals surface area contributed by atoms with Gasteiger partial charge in [-0.15, -0.1) is 0 Å². The molecule has 0 unspecified atom stereocenters. The maximum atomic E-state index is 11.9. The van der Waals surface area contributed by atoms with Crippen molar-refractivity contribution in [1.29, 1.82) is 0 Å². The number of rotatable bonds is 4. The summed E-state index contributed by atoms with van der Waals surface area (Å²) in [7, 11) is 0. The second-order valence-corrected chi connectivity index (χ2v) is 4.90. The Morgan fingerprint density at radius 1 is 1.38 bits per heavy atom. The molecular formula is C14H12ClN3O3. The Labute approximate surface area is 125 Å². The fourth-order valence-corrected chi connectivity index (χ4v) is 1.91. The van der Waals surface area contributed by atoms with Crippen molar-refractivity contribution in [1.82, 2.24) is 4.98 Å². The number of anilines is 1. The van der Waals surface area contributed by atoms with Crippen LogP contribution < -0.4 is 5.32 Å². The highest BCUT2D eigenvalue weighted by atomic mass is 35.5. The van der Waals surface area contributed by atoms with E-state index in [1.165, 1.54) is 6.07 Å². The third-order valence-corrected chi connectivity index (χ3v) is 3.08. The number of nitrogens with zero attached hydrogens (tertiary/aromatic N) is 2. The van der Waals surface area contributed by atoms with Gasteiger partial charge in [-0.25, -0.2) is 4.98 Å². The molecular weight excluding hydrogens is 294 g/mol. The maximum absolute atomic E-state index is 11.9. The van der Waals surface area contributed by atoms with Crippen LogP contribution in [-0.2, 0) is 11.2 Å². The van der Waals surface area contributed by atoms with Gasteiger partial charge in [0.25, 0.3) is 5.69 Å². The van der Waals surface area contributed by atoms with E-state index in [0.29, 0.717) is 10.6 Å². The minimum absolute atomic E-state index is 0.0781. The van der Waals surface area contributed by atoms with Crippen LogP contribution in [0, 0.1) is 17.0 Å². The molecule has 0 atom stereocenters. The van der Waals surface area contributed by atoms with E-state index in [-0.39, 0.29) is 23.8 Å². The first-order chi connectivity index (χ1) is 9.95. The van der Waals surface area contributed by atoms with Gasteiger partial charge in [0.1, 0.15) is 12.0 Å². The van der Waals surface area contributed by atoms with Crippen LogP contribution in [0.1, 0.15) is 11.1 Å². The molecule has 0 fully saturated rings. The highest BCUT2D eigenvalue weighted by Gasteiger charge is 2.12. The van der Waals surface area contributed by atoms with Crippen molar-refractivity contribution in [2.75, 3.05) is 5.32 Å². The molecule has 0 saturated carbocycles. The molecule has 108 valence electrons. The Morgan fingerprint density at radius 2 is 2.05 bits per heavy atom. The number of hydrogen-bond donors (Lipinski definition) is 1. The Morgan fingerprint density at radius 3 is 2.62 bits per heavy atom. The molecule has 0 aliphatic rings. The topological polar surface area (TPSA) is 85.1 Å². The van der Waals surface area contributed by atoms with Crippen LogP contribution in [-0.4, -0.2) is 15.8 Å². The first kappa shape index (κ1) is 14.9. The molecule has 0 spiro atoms. The van der Waals surface area contributed by atoms with E-state index in [4.69, 9.17) is 11.6 Å². The summed E-state index contributed by atoms with van der Waals surface area (Å²) in [6.45, 7) is 1.59. The van der Waals surface area contributed by atoms with Crippen molar-refractivity contribution in [3.63, 3.8) is 0 Å². The molecule has 7 heteroatoms. The van der Waals surface area contributed by atoms with E-state index in [1.807, 2.05) is 0 Å². The zero-order valence-corrected chi connectivity index (χ0v) is 11.9. The molecule has 6 nitrogen and oxygen atoms in total. The second-order valence-electron chi connectivity index (χ2n) is 4.46. The summed E-state index contributed by atoms with van der Waals surface area (Å²) in [6.07, 6.45) is 1.31. The summed E-state index contributed by atoms with van der Waals surface area (Å²) >= 11 is 5.77. The third kappa shape index (κ3) is 4.00. The number of carbonyl (C=O) groups excluding carboxylic acids is 1. The SMILES string of the molecule is Cc1cc(NC(=O)Cc2ccc(Cl)cc2)ncc1[N+](=O)[O-]. The van der Waals surface area contributed by atoms with Gasteiger partial charge in [-0.1, -0.05) is 23.7 Å². The van der Waals surface area contributed by atoms with Crippen molar-refractivity contribution < 1.29 is 9.72 Å². The smallest absolute Gasteiger partial charge is 0.290 e. The summed E-state index contributed by atoms with van der Waals surface area (Å²) in [5, 5.41) is 13.9. The second kappa shape index (κ2) is 6.32. The average molecular weight is 306 g/mol. The van der Waals surface area contributed by atoms with Gasteiger partial charge in [0, 0.05) is 10.6 Å². The number of pyridine rings is 1. The first-order valence-electron chi connectivity index (χ1n) is 6.11. The summed E-state index contributed by atoms with van der Waals surface area (Å²) in [6, 6.07) is 8.40. The minimum Gasteiger partial charge on any atom is -0.310 e. The lowest BCUT2D eigenvalue weighted by Gasteiger charge is -2.05. The van der Waals surface area contributed by atoms with E-state index in [9.17, 15) is 14.9 Å². The molecule has 0 bridgehead atoms. The van der Waals surface area contributed by atoms with Crippen molar-refractivity contribution in [3.05, 3.63) is 62.8 Å². The normalized spacial score (nSPS) is 10.2. The zero-order valence-electron chi connectivity index (χ0n) is 11.2. The molecule has 21 heavy (non-hydrogen) atoms. The van der Waals surface area contributed by atoms with Gasteiger partial charge in [0.15, 0.2) is 0 Å². The first-order valence-corrected chi connectivity index (χ1v) is 6.49. The monoisotopic (exact) mass is 305 g/mol. The number of aryl methyl sites for hydroxylation is 1. The average Bonchev–Trinajstić information content (AvgIpc) is 2.41. The van der Waals surface area contributed by atoms with E-state index >= 15 is 0 Å². The van der Waals surface area contributed by atoms with Crippen LogP contribution >= 0.6 is 11.6 Å². The molecule has 2 aromatic rings. The zero-order chi connectivity index (χ0) is 15.4. The standard InChI is InChI=1S/C14H12ClN3O3/c1-9-6-13(16-8-12(9)18(20)21)17-14(19)7-10-2-4-11(15)5-3-10/h2-6,8H,7H2,1H3,(H,16,17,19). The van der Waals surface area contributed by atoms with Crippen LogP contribution in [0.3, 0.4) is 0 Å². The highest BCUT2D eigenvalue weighted by molar-refractivity contribution is 6.30. The summed E-state index contributed by atoms with van der Waals surface area (Å²) < 4.78 is 0. The van der Waals surface area contributed by atoms with Gasteiger partial charge in [-0.2, -0.15) is 0 Å². The molecule has 0 saturated heterocycles. The predicted octanol–water partition coefficient (Wildman–Crippen LogP) is 3.13. The van der Waals surface area contributed by atoms with Crippen molar-refractivity contribution in [3.8, 4) is 0 Å². The maximum Gasteiger partial charge on any atom is 0.290 e. The lowest BCUT2D eigenvalue weighted by atomic mass is 10.1. The number of aromatic nitrogens is 1. The van der Waals surface area contributed by atoms with E-state index < -0.39 is 4.92 Å². The molecule has 1 aromatic carbocycles. The highest BCUT2D eigenvalue weighted by Crippen LogP contribution is 2.19. The van der Waals surface area contributed by atoms with Crippen molar-refractivity contribution in [2.24, 2.45) is 0 Å². The van der Waals surface area contributed by atoms with Crippen LogP contribution in [0.15, 0.2) is 36.5 Å². The van der Waals surface area contributed by atoms with E-state index in [1.54, 1.807) is 31.2 Å². The van der Waals surface area contributed by atoms with Gasteiger partial charge in [-0.05, 0) is 30.7 Å². The summed E-state index contributed by atoms with van der Waals surface area (Å²) in [5.41, 5.74) is 1.18. The van der Waals surface area contributed by atoms with Gasteiger partial charge in [0.2, 0.25) is 5.91 Å². The van der Waals surface area contributed by atoms with Crippen LogP contribution in [0.4, 0.5) is 11.5 Å². The molecule has 0 aliphatic heterocycles. The minimum atomic E-state index is -0.512. The summed E-state index contributed by atoms with van der Waals surface area (Å²) in [4.78, 5) is 25.9. The Balaban J connectivity index is 2.04. The molecule has 0 aliphatic carbocycles. The number of nitro groups is 1. The van der Waals surface area contributed by atoms with Crippen LogP contribution in [0.25, 0.3) is 0 Å². The Bertz CT molecular complexity index is 686. The molecule has 0 radical (unpaired) electrons. The Hall–Kier alpha value is -2.47. The van der Waals surface area contributed by atoms with Gasteiger partial charge >= 0.3 is 0 Å². The van der Waals surface area contributed by atoms with Gasteiger partial charge in [0.05, 0.1) is 11.3 Å². The fraction of sp³-hybridized carbons (Fsp3) is 0.143. The fourth-order valence-electron chi connectivity index (χ4n) is 1.78. The van der Waals surface area contributed by atoms with E-state index in [2.05, 4.69) is 10.3 Å². The van der Waals surface area contributed by atoms with Gasteiger partial charge < -0.3 is 5.32 Å². The number of nitrogens with one attached hydrogen (secondary N) is 1. The number of benzene rings is 1. The third-order valence-electron chi connectivity index (χ3n) is 2.83. The molecule has 1 N–H and O–H groups in total. The molecule has 1 amide bonds.